The number of carboxylic acids is 1. The zero-order valence-electron chi connectivity index (χ0n) is 16.7. The summed E-state index contributed by atoms with van der Waals surface area (Å²) in [6.45, 7) is 10.6. The van der Waals surface area contributed by atoms with Crippen LogP contribution in [0.5, 0.6) is 0 Å². The van der Waals surface area contributed by atoms with E-state index in [9.17, 15) is 9.59 Å². The van der Waals surface area contributed by atoms with Crippen LogP contribution in [0.3, 0.4) is 0 Å². The minimum atomic E-state index is -0.906. The predicted molar refractivity (Wildman–Crippen MR) is 103 cm³/mol. The Labute approximate surface area is 159 Å². The van der Waals surface area contributed by atoms with Crippen LogP contribution in [0.25, 0.3) is 11.0 Å². The first-order valence-corrected chi connectivity index (χ1v) is 9.55. The molecule has 1 N–H and O–H groups in total. The van der Waals surface area contributed by atoms with Gasteiger partial charge >= 0.3 is 5.97 Å². The van der Waals surface area contributed by atoms with Gasteiger partial charge in [-0.15, -0.1) is 0 Å². The molecule has 1 fully saturated rings. The molecule has 1 aliphatic rings. The Morgan fingerprint density at radius 1 is 1.33 bits per heavy atom. The molecular weight excluding hydrogens is 344 g/mol. The molecule has 7 nitrogen and oxygen atoms in total. The van der Waals surface area contributed by atoms with Gasteiger partial charge in [-0.3, -0.25) is 9.59 Å². The van der Waals surface area contributed by atoms with E-state index >= 15 is 0 Å². The standard InChI is InChI=1S/C20H28N4O3/c1-6-23(10-9-16(25)26)19(27)14-11-15(13-7-8-13)21-18-17(14)12(2)22-24(18)20(3,4)5/h11,13H,6-10H2,1-5H3,(H,25,26). The number of amides is 1. The van der Waals surface area contributed by atoms with Crippen LogP contribution in [0.4, 0.5) is 0 Å². The van der Waals surface area contributed by atoms with Crippen molar-refractivity contribution < 1.29 is 14.7 Å². The van der Waals surface area contributed by atoms with E-state index in [0.717, 1.165) is 35.3 Å². The lowest BCUT2D eigenvalue weighted by Crippen LogP contribution is -2.33. The van der Waals surface area contributed by atoms with Gasteiger partial charge in [0.25, 0.3) is 5.91 Å². The molecule has 0 bridgehead atoms. The maximum Gasteiger partial charge on any atom is 0.305 e. The number of hydrogen-bond acceptors (Lipinski definition) is 4. The minimum absolute atomic E-state index is 0.0659. The quantitative estimate of drug-likeness (QED) is 0.840. The van der Waals surface area contributed by atoms with E-state index in [4.69, 9.17) is 10.1 Å². The molecule has 1 aliphatic carbocycles. The van der Waals surface area contributed by atoms with E-state index in [2.05, 4.69) is 25.9 Å². The third-order valence-electron chi connectivity index (χ3n) is 4.96. The first kappa shape index (κ1) is 19.3. The van der Waals surface area contributed by atoms with Crippen LogP contribution in [-0.4, -0.2) is 49.7 Å². The number of fused-ring (bicyclic) bond motifs is 1. The fourth-order valence-corrected chi connectivity index (χ4v) is 3.34. The summed E-state index contributed by atoms with van der Waals surface area (Å²) in [6, 6.07) is 1.90. The molecule has 0 aromatic carbocycles. The molecule has 0 unspecified atom stereocenters. The molecule has 3 rings (SSSR count). The lowest BCUT2D eigenvalue weighted by Gasteiger charge is -2.22. The number of carbonyl (C=O) groups is 2. The summed E-state index contributed by atoms with van der Waals surface area (Å²) < 4.78 is 1.90. The van der Waals surface area contributed by atoms with E-state index in [1.54, 1.807) is 4.90 Å². The van der Waals surface area contributed by atoms with Crippen LogP contribution in [0.1, 0.15) is 74.6 Å². The molecule has 2 heterocycles. The number of aryl methyl sites for hydroxylation is 1. The number of carbonyl (C=O) groups excluding carboxylic acids is 1. The van der Waals surface area contributed by atoms with Crippen molar-refractivity contribution in [3.63, 3.8) is 0 Å². The van der Waals surface area contributed by atoms with Crippen molar-refractivity contribution in [2.45, 2.75) is 65.3 Å². The molecule has 1 saturated carbocycles. The summed E-state index contributed by atoms with van der Waals surface area (Å²) in [5.74, 6) is -0.653. The molecule has 146 valence electrons. The largest absolute Gasteiger partial charge is 0.481 e. The molecule has 27 heavy (non-hydrogen) atoms. The third-order valence-corrected chi connectivity index (χ3v) is 4.96. The molecule has 7 heteroatoms. The Kier molecular flexibility index (Phi) is 4.97. The monoisotopic (exact) mass is 372 g/mol. The summed E-state index contributed by atoms with van der Waals surface area (Å²) in [4.78, 5) is 30.7. The fourth-order valence-electron chi connectivity index (χ4n) is 3.34. The lowest BCUT2D eigenvalue weighted by molar-refractivity contribution is -0.137. The normalized spacial score (nSPS) is 14.6. The summed E-state index contributed by atoms with van der Waals surface area (Å²) >= 11 is 0. The van der Waals surface area contributed by atoms with Crippen LogP contribution in [0, 0.1) is 6.92 Å². The topological polar surface area (TPSA) is 88.3 Å². The average molecular weight is 372 g/mol. The Hall–Kier alpha value is -2.44. The molecule has 2 aromatic rings. The van der Waals surface area contributed by atoms with E-state index in [0.29, 0.717) is 18.0 Å². The third kappa shape index (κ3) is 3.82. The van der Waals surface area contributed by atoms with Crippen LogP contribution in [0.2, 0.25) is 0 Å². The summed E-state index contributed by atoms with van der Waals surface area (Å²) in [7, 11) is 0. The Balaban J connectivity index is 2.14. The zero-order valence-corrected chi connectivity index (χ0v) is 16.7. The summed E-state index contributed by atoms with van der Waals surface area (Å²) in [5.41, 5.74) is 2.78. The number of aromatic nitrogens is 3. The van der Waals surface area contributed by atoms with Crippen molar-refractivity contribution >= 4 is 22.9 Å². The van der Waals surface area contributed by atoms with Crippen molar-refractivity contribution in [2.75, 3.05) is 13.1 Å². The van der Waals surface area contributed by atoms with E-state index < -0.39 is 5.97 Å². The molecule has 1 amide bonds. The Morgan fingerprint density at radius 2 is 2.00 bits per heavy atom. The maximum absolute atomic E-state index is 13.3. The second-order valence-electron chi connectivity index (χ2n) is 8.26. The number of nitrogens with zero attached hydrogens (tertiary/aromatic N) is 4. The van der Waals surface area contributed by atoms with Gasteiger partial charge in [0.1, 0.15) is 0 Å². The number of pyridine rings is 1. The van der Waals surface area contributed by atoms with Gasteiger partial charge in [-0.1, -0.05) is 0 Å². The fraction of sp³-hybridized carbons (Fsp3) is 0.600. The maximum atomic E-state index is 13.3. The molecule has 0 aliphatic heterocycles. The Bertz CT molecular complexity index is 891. The van der Waals surface area contributed by atoms with Gasteiger partial charge in [0.05, 0.1) is 28.6 Å². The number of hydrogen-bond donors (Lipinski definition) is 1. The van der Waals surface area contributed by atoms with Crippen molar-refractivity contribution in [1.29, 1.82) is 0 Å². The number of aliphatic carboxylic acids is 1. The van der Waals surface area contributed by atoms with Crippen LogP contribution in [-0.2, 0) is 10.3 Å². The summed E-state index contributed by atoms with van der Waals surface area (Å²) in [6.07, 6.45) is 2.11. The number of carboxylic acid groups (broad SMARTS) is 1. The van der Waals surface area contributed by atoms with E-state index in [-0.39, 0.29) is 24.4 Å². The first-order chi connectivity index (χ1) is 12.6. The van der Waals surface area contributed by atoms with Crippen molar-refractivity contribution in [2.24, 2.45) is 0 Å². The molecule has 0 atom stereocenters. The Morgan fingerprint density at radius 3 is 2.52 bits per heavy atom. The average Bonchev–Trinajstić information content (AvgIpc) is 3.37. The number of rotatable bonds is 6. The zero-order chi connectivity index (χ0) is 19.9. The second kappa shape index (κ2) is 6.94. The van der Waals surface area contributed by atoms with Crippen molar-refractivity contribution in [3.8, 4) is 0 Å². The van der Waals surface area contributed by atoms with Gasteiger partial charge in [0.15, 0.2) is 5.65 Å². The van der Waals surface area contributed by atoms with Gasteiger partial charge in [-0.2, -0.15) is 5.10 Å². The molecule has 0 spiro atoms. The molecule has 0 radical (unpaired) electrons. The molecule has 2 aromatic heterocycles. The smallest absolute Gasteiger partial charge is 0.305 e. The lowest BCUT2D eigenvalue weighted by atomic mass is 10.1. The van der Waals surface area contributed by atoms with E-state index in [1.807, 2.05) is 24.6 Å². The van der Waals surface area contributed by atoms with Gasteiger partial charge in [-0.05, 0) is 53.5 Å². The SMILES string of the molecule is CCN(CCC(=O)O)C(=O)c1cc(C2CC2)nc2c1c(C)nn2C(C)(C)C. The van der Waals surface area contributed by atoms with E-state index in [1.165, 1.54) is 0 Å². The molecular formula is C20H28N4O3. The van der Waals surface area contributed by atoms with Crippen molar-refractivity contribution in [1.82, 2.24) is 19.7 Å². The van der Waals surface area contributed by atoms with Gasteiger partial charge < -0.3 is 10.0 Å². The minimum Gasteiger partial charge on any atom is -0.481 e. The van der Waals surface area contributed by atoms with Gasteiger partial charge in [0.2, 0.25) is 0 Å². The first-order valence-electron chi connectivity index (χ1n) is 9.55. The highest BCUT2D eigenvalue weighted by molar-refractivity contribution is 6.06. The highest BCUT2D eigenvalue weighted by atomic mass is 16.4. The van der Waals surface area contributed by atoms with Crippen molar-refractivity contribution in [3.05, 3.63) is 23.0 Å². The van der Waals surface area contributed by atoms with Crippen LogP contribution in [0.15, 0.2) is 6.07 Å². The van der Waals surface area contributed by atoms with Gasteiger partial charge in [0, 0.05) is 24.7 Å². The van der Waals surface area contributed by atoms with Gasteiger partial charge in [-0.25, -0.2) is 9.67 Å². The highest BCUT2D eigenvalue weighted by Crippen LogP contribution is 2.41. The summed E-state index contributed by atoms with van der Waals surface area (Å²) in [5, 5.41) is 14.4. The van der Waals surface area contributed by atoms with Crippen LogP contribution >= 0.6 is 0 Å². The second-order valence-corrected chi connectivity index (χ2v) is 8.26. The predicted octanol–water partition coefficient (Wildman–Crippen LogP) is 3.31. The highest BCUT2D eigenvalue weighted by Gasteiger charge is 2.31. The molecule has 0 saturated heterocycles. The van der Waals surface area contributed by atoms with Crippen LogP contribution < -0.4 is 0 Å².